The smallest absolute Gasteiger partial charge is 0.163 e. The number of rotatable bonds is 2. The van der Waals surface area contributed by atoms with Crippen molar-refractivity contribution in [2.24, 2.45) is 5.73 Å². The van der Waals surface area contributed by atoms with E-state index in [2.05, 4.69) is 0 Å². The van der Waals surface area contributed by atoms with E-state index in [1.807, 2.05) is 13.8 Å². The van der Waals surface area contributed by atoms with E-state index in [1.165, 1.54) is 0 Å². The van der Waals surface area contributed by atoms with Gasteiger partial charge in [0.2, 0.25) is 0 Å². The topological polar surface area (TPSA) is 44.5 Å². The van der Waals surface area contributed by atoms with E-state index in [4.69, 9.17) is 27.4 Å². The first-order valence-corrected chi connectivity index (χ1v) is 4.00. The van der Waals surface area contributed by atoms with Gasteiger partial charge in [0.25, 0.3) is 0 Å². The van der Waals surface area contributed by atoms with Crippen molar-refractivity contribution in [3.63, 3.8) is 0 Å². The summed E-state index contributed by atoms with van der Waals surface area (Å²) in [6.45, 7) is 4.35. The minimum absolute atomic E-state index is 0.0440. The maximum Gasteiger partial charge on any atom is 0.163 e. The molecule has 0 aromatic carbocycles. The van der Waals surface area contributed by atoms with Crippen molar-refractivity contribution in [3.05, 3.63) is 0 Å². The molecule has 1 saturated heterocycles. The van der Waals surface area contributed by atoms with Crippen LogP contribution in [0.4, 0.5) is 0 Å². The molecular weight excluding hydrogens is 162 g/mol. The zero-order valence-corrected chi connectivity index (χ0v) is 7.61. The van der Waals surface area contributed by atoms with E-state index in [0.29, 0.717) is 18.0 Å². The van der Waals surface area contributed by atoms with Crippen LogP contribution in [0.1, 0.15) is 20.3 Å². The molecule has 1 atom stereocenters. The summed E-state index contributed by atoms with van der Waals surface area (Å²) in [5, 5.41) is 0. The highest BCUT2D eigenvalue weighted by molar-refractivity contribution is 7.80. The van der Waals surface area contributed by atoms with Gasteiger partial charge in [-0.25, -0.2) is 0 Å². The SMILES string of the molecule is CC1(C)OCC(CC(N)=S)O1. The summed E-state index contributed by atoms with van der Waals surface area (Å²) in [6.07, 6.45) is 0.654. The Morgan fingerprint density at radius 3 is 2.73 bits per heavy atom. The van der Waals surface area contributed by atoms with Gasteiger partial charge < -0.3 is 15.2 Å². The average Bonchev–Trinajstić information content (AvgIpc) is 2.08. The fraction of sp³-hybridized carbons (Fsp3) is 0.857. The van der Waals surface area contributed by atoms with Crippen LogP contribution in [0.5, 0.6) is 0 Å². The zero-order valence-electron chi connectivity index (χ0n) is 6.79. The van der Waals surface area contributed by atoms with E-state index in [0.717, 1.165) is 0 Å². The summed E-state index contributed by atoms with van der Waals surface area (Å²) < 4.78 is 10.8. The lowest BCUT2D eigenvalue weighted by atomic mass is 10.3. The third kappa shape index (κ3) is 2.73. The van der Waals surface area contributed by atoms with Crippen LogP contribution >= 0.6 is 12.2 Å². The largest absolute Gasteiger partial charge is 0.393 e. The number of hydrogen-bond donors (Lipinski definition) is 1. The minimum Gasteiger partial charge on any atom is -0.393 e. The van der Waals surface area contributed by atoms with Crippen LogP contribution in [-0.2, 0) is 9.47 Å². The van der Waals surface area contributed by atoms with Crippen LogP contribution in [0.2, 0.25) is 0 Å². The second-order valence-electron chi connectivity index (χ2n) is 3.12. The lowest BCUT2D eigenvalue weighted by molar-refractivity contribution is -0.137. The van der Waals surface area contributed by atoms with Crippen molar-refractivity contribution < 1.29 is 9.47 Å². The molecule has 4 heteroatoms. The zero-order chi connectivity index (χ0) is 8.48. The molecule has 1 aliphatic heterocycles. The molecule has 0 amide bonds. The van der Waals surface area contributed by atoms with Gasteiger partial charge in [0.05, 0.1) is 17.7 Å². The Labute approximate surface area is 71.8 Å². The maximum atomic E-state index is 5.47. The third-order valence-electron chi connectivity index (χ3n) is 1.50. The van der Waals surface area contributed by atoms with Gasteiger partial charge >= 0.3 is 0 Å². The first-order valence-electron chi connectivity index (χ1n) is 3.60. The van der Waals surface area contributed by atoms with Gasteiger partial charge in [-0.15, -0.1) is 0 Å². The Bertz CT molecular complexity index is 170. The normalized spacial score (nSPS) is 28.7. The lowest BCUT2D eigenvalue weighted by Crippen LogP contribution is -2.24. The standard InChI is InChI=1S/C7H13NO2S/c1-7(2)9-4-5(10-7)3-6(8)11/h5H,3-4H2,1-2H3,(H2,8,11). The van der Waals surface area contributed by atoms with Crippen LogP contribution in [0, 0.1) is 0 Å². The molecule has 0 bridgehead atoms. The number of ether oxygens (including phenoxy) is 2. The maximum absolute atomic E-state index is 5.47. The Hall–Kier alpha value is -0.190. The van der Waals surface area contributed by atoms with Gasteiger partial charge in [0.1, 0.15) is 0 Å². The summed E-state index contributed by atoms with van der Waals surface area (Å²) in [4.78, 5) is 0.483. The van der Waals surface area contributed by atoms with Crippen LogP contribution in [-0.4, -0.2) is 23.5 Å². The highest BCUT2D eigenvalue weighted by Crippen LogP contribution is 2.23. The van der Waals surface area contributed by atoms with Crippen LogP contribution in [0.3, 0.4) is 0 Å². The van der Waals surface area contributed by atoms with E-state index < -0.39 is 5.79 Å². The second-order valence-corrected chi connectivity index (χ2v) is 3.65. The Morgan fingerprint density at radius 1 is 1.73 bits per heavy atom. The van der Waals surface area contributed by atoms with Crippen LogP contribution < -0.4 is 5.73 Å². The highest BCUT2D eigenvalue weighted by Gasteiger charge is 2.32. The van der Waals surface area contributed by atoms with Gasteiger partial charge in [0, 0.05) is 6.42 Å². The molecule has 0 aromatic heterocycles. The molecule has 0 aromatic rings. The average molecular weight is 175 g/mol. The van der Waals surface area contributed by atoms with Gasteiger partial charge in [-0.1, -0.05) is 12.2 Å². The van der Waals surface area contributed by atoms with Gasteiger partial charge in [-0.2, -0.15) is 0 Å². The van der Waals surface area contributed by atoms with Gasteiger partial charge in [-0.3, -0.25) is 0 Å². The summed E-state index contributed by atoms with van der Waals surface area (Å²) >= 11 is 4.75. The summed E-state index contributed by atoms with van der Waals surface area (Å²) in [5.41, 5.74) is 5.36. The van der Waals surface area contributed by atoms with Crippen molar-refractivity contribution in [1.82, 2.24) is 0 Å². The Kier molecular flexibility index (Phi) is 2.47. The number of hydrogen-bond acceptors (Lipinski definition) is 3. The lowest BCUT2D eigenvalue weighted by Gasteiger charge is -2.16. The molecule has 0 aliphatic carbocycles. The predicted octanol–water partition coefficient (Wildman–Crippen LogP) is 0.814. The van der Waals surface area contributed by atoms with Crippen molar-refractivity contribution >= 4 is 17.2 Å². The molecule has 64 valence electrons. The molecular formula is C7H13NO2S. The van der Waals surface area contributed by atoms with Crippen molar-refractivity contribution in [2.45, 2.75) is 32.2 Å². The highest BCUT2D eigenvalue weighted by atomic mass is 32.1. The van der Waals surface area contributed by atoms with E-state index >= 15 is 0 Å². The van der Waals surface area contributed by atoms with Crippen molar-refractivity contribution in [3.8, 4) is 0 Å². The van der Waals surface area contributed by atoms with E-state index in [1.54, 1.807) is 0 Å². The molecule has 0 radical (unpaired) electrons. The number of nitrogens with two attached hydrogens (primary N) is 1. The molecule has 1 fully saturated rings. The predicted molar refractivity (Wildman–Crippen MR) is 46.3 cm³/mol. The number of thiocarbonyl (C=S) groups is 1. The second kappa shape index (κ2) is 3.05. The van der Waals surface area contributed by atoms with Gasteiger partial charge in [0.15, 0.2) is 5.79 Å². The molecule has 2 N–H and O–H groups in total. The first-order chi connectivity index (χ1) is 4.99. The summed E-state index contributed by atoms with van der Waals surface area (Å²) in [6, 6.07) is 0. The minimum atomic E-state index is -0.463. The fourth-order valence-corrected chi connectivity index (χ4v) is 1.27. The van der Waals surface area contributed by atoms with Crippen molar-refractivity contribution in [2.75, 3.05) is 6.61 Å². The van der Waals surface area contributed by atoms with E-state index in [9.17, 15) is 0 Å². The van der Waals surface area contributed by atoms with Gasteiger partial charge in [-0.05, 0) is 13.8 Å². The molecule has 1 aliphatic rings. The molecule has 11 heavy (non-hydrogen) atoms. The molecule has 1 heterocycles. The summed E-state index contributed by atoms with van der Waals surface area (Å²) in [7, 11) is 0. The molecule has 1 unspecified atom stereocenters. The first kappa shape index (κ1) is 8.90. The fourth-order valence-electron chi connectivity index (χ4n) is 1.09. The van der Waals surface area contributed by atoms with Crippen LogP contribution in [0.25, 0.3) is 0 Å². The molecule has 1 rings (SSSR count). The van der Waals surface area contributed by atoms with Crippen molar-refractivity contribution in [1.29, 1.82) is 0 Å². The Balaban J connectivity index is 2.36. The molecule has 3 nitrogen and oxygen atoms in total. The molecule has 0 spiro atoms. The molecule has 0 saturated carbocycles. The monoisotopic (exact) mass is 175 g/mol. The van der Waals surface area contributed by atoms with E-state index in [-0.39, 0.29) is 6.10 Å². The summed E-state index contributed by atoms with van der Waals surface area (Å²) in [5.74, 6) is -0.463. The quantitative estimate of drug-likeness (QED) is 0.631. The van der Waals surface area contributed by atoms with Crippen LogP contribution in [0.15, 0.2) is 0 Å². The third-order valence-corrected chi connectivity index (χ3v) is 1.66. The Morgan fingerprint density at radius 2 is 2.36 bits per heavy atom.